The van der Waals surface area contributed by atoms with Crippen molar-refractivity contribution in [2.24, 2.45) is 0 Å². The summed E-state index contributed by atoms with van der Waals surface area (Å²) >= 11 is 0. The quantitative estimate of drug-likeness (QED) is 0.770. The van der Waals surface area contributed by atoms with Gasteiger partial charge in [0.2, 0.25) is 5.88 Å². The van der Waals surface area contributed by atoms with E-state index >= 15 is 0 Å². The minimum Gasteiger partial charge on any atom is -0.481 e. The summed E-state index contributed by atoms with van der Waals surface area (Å²) in [6, 6.07) is 3.83. The third kappa shape index (κ3) is 2.52. The van der Waals surface area contributed by atoms with Gasteiger partial charge in [-0.2, -0.15) is 0 Å². The van der Waals surface area contributed by atoms with Gasteiger partial charge in [-0.1, -0.05) is 6.07 Å². The van der Waals surface area contributed by atoms with Crippen molar-refractivity contribution < 1.29 is 14.0 Å². The van der Waals surface area contributed by atoms with Gasteiger partial charge in [-0.15, -0.1) is 0 Å². The van der Waals surface area contributed by atoms with Crippen molar-refractivity contribution >= 4 is 7.12 Å². The monoisotopic (exact) mass is 249 g/mol. The molecule has 2 heterocycles. The molecular weight excluding hydrogens is 229 g/mol. The Labute approximate surface area is 109 Å². The van der Waals surface area contributed by atoms with E-state index in [-0.39, 0.29) is 18.3 Å². The molecule has 0 saturated carbocycles. The Hall–Kier alpha value is -1.07. The molecule has 0 unspecified atom stereocenters. The molecule has 18 heavy (non-hydrogen) atoms. The van der Waals surface area contributed by atoms with Crippen LogP contribution in [-0.2, 0) is 15.6 Å². The van der Waals surface area contributed by atoms with Crippen molar-refractivity contribution in [1.29, 1.82) is 0 Å². The Morgan fingerprint density at radius 1 is 1.17 bits per heavy atom. The number of rotatable bonds is 3. The fourth-order valence-corrected chi connectivity index (χ4v) is 1.89. The van der Waals surface area contributed by atoms with Gasteiger partial charge in [0.05, 0.1) is 18.3 Å². The lowest BCUT2D eigenvalue weighted by molar-refractivity contribution is 0.00578. The van der Waals surface area contributed by atoms with E-state index < -0.39 is 0 Å². The fraction of sp³-hybridized carbons (Fsp3) is 0.615. The summed E-state index contributed by atoms with van der Waals surface area (Å²) in [5.74, 6) is 0.618. The van der Waals surface area contributed by atoms with E-state index in [2.05, 4.69) is 32.7 Å². The molecule has 1 fully saturated rings. The van der Waals surface area contributed by atoms with E-state index in [9.17, 15) is 0 Å². The van der Waals surface area contributed by atoms with Gasteiger partial charge in [-0.25, -0.2) is 4.98 Å². The highest BCUT2D eigenvalue weighted by Gasteiger charge is 2.50. The summed E-state index contributed by atoms with van der Waals surface area (Å²) < 4.78 is 16.9. The Bertz CT molecular complexity index is 401. The standard InChI is InChI=1S/C13H20BNO3/c1-12(2)13(3,4)18-14(17-12)8-10-6-7-11(16-5)15-9-10/h6-7,9H,8H2,1-5H3. The first-order chi connectivity index (χ1) is 8.34. The van der Waals surface area contributed by atoms with Gasteiger partial charge in [0.15, 0.2) is 0 Å². The van der Waals surface area contributed by atoms with Gasteiger partial charge >= 0.3 is 7.12 Å². The summed E-state index contributed by atoms with van der Waals surface area (Å²) in [7, 11) is 1.39. The third-order valence-corrected chi connectivity index (χ3v) is 3.71. The maximum Gasteiger partial charge on any atom is 0.462 e. The average molecular weight is 249 g/mol. The predicted molar refractivity (Wildman–Crippen MR) is 70.6 cm³/mol. The molecule has 0 radical (unpaired) electrons. The van der Waals surface area contributed by atoms with Crippen LogP contribution in [0, 0.1) is 0 Å². The second-order valence-electron chi connectivity index (χ2n) is 5.60. The van der Waals surface area contributed by atoms with Crippen LogP contribution in [0.4, 0.5) is 0 Å². The number of hydrogen-bond donors (Lipinski definition) is 0. The normalized spacial score (nSPS) is 21.1. The molecule has 0 spiro atoms. The molecule has 4 nitrogen and oxygen atoms in total. The molecule has 0 amide bonds. The Morgan fingerprint density at radius 2 is 1.78 bits per heavy atom. The zero-order valence-corrected chi connectivity index (χ0v) is 11.7. The molecule has 5 heteroatoms. The molecule has 1 aliphatic rings. The number of ether oxygens (including phenoxy) is 1. The first kappa shape index (κ1) is 13.4. The first-order valence-corrected chi connectivity index (χ1v) is 6.18. The summed E-state index contributed by atoms with van der Waals surface area (Å²) in [6.45, 7) is 8.22. The predicted octanol–water partition coefficient (Wildman–Crippen LogP) is 2.26. The van der Waals surface area contributed by atoms with E-state index in [4.69, 9.17) is 14.0 Å². The van der Waals surface area contributed by atoms with Crippen LogP contribution in [0.3, 0.4) is 0 Å². The van der Waals surface area contributed by atoms with Gasteiger partial charge < -0.3 is 14.0 Å². The molecule has 2 rings (SSSR count). The van der Waals surface area contributed by atoms with Crippen molar-refractivity contribution in [2.45, 2.75) is 45.2 Å². The van der Waals surface area contributed by atoms with Crippen LogP contribution in [-0.4, -0.2) is 30.4 Å². The SMILES string of the molecule is COc1ccc(CB2OC(C)(C)C(C)(C)O2)cn1. The van der Waals surface area contributed by atoms with Crippen molar-refractivity contribution in [2.75, 3.05) is 7.11 Å². The summed E-state index contributed by atoms with van der Waals surface area (Å²) in [5, 5.41) is 0. The van der Waals surface area contributed by atoms with Crippen LogP contribution in [0.5, 0.6) is 5.88 Å². The van der Waals surface area contributed by atoms with Crippen molar-refractivity contribution in [3.63, 3.8) is 0 Å². The highest BCUT2D eigenvalue weighted by Crippen LogP contribution is 2.37. The van der Waals surface area contributed by atoms with Crippen LogP contribution in [0.1, 0.15) is 33.3 Å². The van der Waals surface area contributed by atoms with Gasteiger partial charge in [0, 0.05) is 18.6 Å². The highest BCUT2D eigenvalue weighted by molar-refractivity contribution is 6.45. The molecule has 1 saturated heterocycles. The molecule has 1 aromatic heterocycles. The van der Waals surface area contributed by atoms with Gasteiger partial charge in [-0.05, 0) is 33.3 Å². The van der Waals surface area contributed by atoms with Crippen LogP contribution in [0.15, 0.2) is 18.3 Å². The number of methoxy groups -OCH3 is 1. The van der Waals surface area contributed by atoms with Gasteiger partial charge in [-0.3, -0.25) is 0 Å². The molecule has 0 aromatic carbocycles. The van der Waals surface area contributed by atoms with E-state index in [1.165, 1.54) is 0 Å². The molecule has 1 aliphatic heterocycles. The average Bonchev–Trinajstić information content (AvgIpc) is 2.48. The number of hydrogen-bond acceptors (Lipinski definition) is 4. The molecule has 0 bridgehead atoms. The zero-order chi connectivity index (χ0) is 13.4. The largest absolute Gasteiger partial charge is 0.481 e. The van der Waals surface area contributed by atoms with Crippen LogP contribution >= 0.6 is 0 Å². The number of aromatic nitrogens is 1. The Balaban J connectivity index is 2.03. The first-order valence-electron chi connectivity index (χ1n) is 6.18. The fourth-order valence-electron chi connectivity index (χ4n) is 1.89. The van der Waals surface area contributed by atoms with Crippen molar-refractivity contribution in [3.8, 4) is 5.88 Å². The summed E-state index contributed by atoms with van der Waals surface area (Å²) in [4.78, 5) is 4.18. The lowest BCUT2D eigenvalue weighted by Gasteiger charge is -2.32. The van der Waals surface area contributed by atoms with E-state index in [1.807, 2.05) is 12.1 Å². The summed E-state index contributed by atoms with van der Waals surface area (Å²) in [5.41, 5.74) is 0.518. The minimum absolute atomic E-state index is 0.217. The molecule has 98 valence electrons. The Morgan fingerprint density at radius 3 is 2.22 bits per heavy atom. The Kier molecular flexibility index (Phi) is 3.38. The number of nitrogens with zero attached hydrogens (tertiary/aromatic N) is 1. The second-order valence-corrected chi connectivity index (χ2v) is 5.60. The van der Waals surface area contributed by atoms with E-state index in [0.717, 1.165) is 5.56 Å². The van der Waals surface area contributed by atoms with Crippen LogP contribution in [0.25, 0.3) is 0 Å². The smallest absolute Gasteiger partial charge is 0.462 e. The van der Waals surface area contributed by atoms with Gasteiger partial charge in [0.25, 0.3) is 0 Å². The lowest BCUT2D eigenvalue weighted by atomic mass is 9.81. The molecule has 0 aliphatic carbocycles. The molecule has 0 atom stereocenters. The second kappa shape index (κ2) is 4.55. The van der Waals surface area contributed by atoms with E-state index in [0.29, 0.717) is 12.2 Å². The third-order valence-electron chi connectivity index (χ3n) is 3.71. The zero-order valence-electron chi connectivity index (χ0n) is 11.7. The topological polar surface area (TPSA) is 40.6 Å². The molecule has 0 N–H and O–H groups in total. The lowest BCUT2D eigenvalue weighted by Crippen LogP contribution is -2.41. The minimum atomic E-state index is -0.280. The highest BCUT2D eigenvalue weighted by atomic mass is 16.7. The van der Waals surface area contributed by atoms with Gasteiger partial charge in [0.1, 0.15) is 0 Å². The summed E-state index contributed by atoms with van der Waals surface area (Å²) in [6.07, 6.45) is 2.49. The van der Waals surface area contributed by atoms with Crippen molar-refractivity contribution in [1.82, 2.24) is 4.98 Å². The van der Waals surface area contributed by atoms with E-state index in [1.54, 1.807) is 13.3 Å². The maximum absolute atomic E-state index is 5.94. The maximum atomic E-state index is 5.94. The molecular formula is C13H20BNO3. The van der Waals surface area contributed by atoms with Crippen LogP contribution in [0.2, 0.25) is 0 Å². The molecule has 1 aromatic rings. The van der Waals surface area contributed by atoms with Crippen molar-refractivity contribution in [3.05, 3.63) is 23.9 Å². The number of pyridine rings is 1. The van der Waals surface area contributed by atoms with Crippen LogP contribution < -0.4 is 4.74 Å².